The van der Waals surface area contributed by atoms with Gasteiger partial charge in [0.1, 0.15) is 10.7 Å². The molecule has 1 heterocycles. The molecule has 0 atom stereocenters. The van der Waals surface area contributed by atoms with E-state index in [1.54, 1.807) is 24.3 Å². The molecule has 0 aliphatic rings. The van der Waals surface area contributed by atoms with Crippen LogP contribution in [0.4, 0.5) is 5.13 Å². The summed E-state index contributed by atoms with van der Waals surface area (Å²) in [6.07, 6.45) is 0. The van der Waals surface area contributed by atoms with Crippen molar-refractivity contribution < 1.29 is 9.53 Å². The van der Waals surface area contributed by atoms with E-state index < -0.39 is 0 Å². The van der Waals surface area contributed by atoms with Gasteiger partial charge < -0.3 is 10.5 Å². The van der Waals surface area contributed by atoms with E-state index in [0.717, 1.165) is 11.3 Å². The molecule has 0 spiro atoms. The van der Waals surface area contributed by atoms with Gasteiger partial charge in [-0.25, -0.2) is 4.98 Å². The average Bonchev–Trinajstić information content (AvgIpc) is 2.82. The Morgan fingerprint density at radius 2 is 2.15 bits per heavy atom. The summed E-state index contributed by atoms with van der Waals surface area (Å²) in [5.41, 5.74) is 7.13. The first-order chi connectivity index (χ1) is 9.54. The lowest BCUT2D eigenvalue weighted by Crippen LogP contribution is -2.20. The predicted octanol–water partition coefficient (Wildman–Crippen LogP) is 2.10. The number of aryl methyl sites for hydroxylation is 1. The van der Waals surface area contributed by atoms with Crippen LogP contribution < -0.4 is 15.8 Å². The predicted molar refractivity (Wildman–Crippen MR) is 83.3 cm³/mol. The molecule has 0 saturated heterocycles. The van der Waals surface area contributed by atoms with Gasteiger partial charge in [-0.1, -0.05) is 12.2 Å². The number of hydrogen-bond acceptors (Lipinski definition) is 5. The molecular weight excluding hydrogens is 294 g/mol. The Morgan fingerprint density at radius 3 is 2.70 bits per heavy atom. The molecule has 0 fully saturated rings. The molecule has 2 rings (SSSR count). The highest BCUT2D eigenvalue weighted by Crippen LogP contribution is 2.15. The van der Waals surface area contributed by atoms with Crippen molar-refractivity contribution in [1.29, 1.82) is 0 Å². The number of aromatic nitrogens is 1. The Kier molecular flexibility index (Phi) is 4.65. The number of ether oxygens (including phenoxy) is 1. The van der Waals surface area contributed by atoms with Crippen LogP contribution >= 0.6 is 23.6 Å². The molecule has 20 heavy (non-hydrogen) atoms. The summed E-state index contributed by atoms with van der Waals surface area (Å²) in [4.78, 5) is 16.1. The summed E-state index contributed by atoms with van der Waals surface area (Å²) < 4.78 is 5.36. The molecule has 104 valence electrons. The Balaban J connectivity index is 1.85. The molecule has 1 aromatic heterocycles. The molecule has 3 N–H and O–H groups in total. The number of thiazole rings is 1. The number of carbonyl (C=O) groups is 1. The average molecular weight is 307 g/mol. The molecule has 0 saturated carbocycles. The first-order valence-corrected chi connectivity index (χ1v) is 7.08. The maximum Gasteiger partial charge on any atom is 0.264 e. The van der Waals surface area contributed by atoms with Gasteiger partial charge in [-0.15, -0.1) is 11.3 Å². The Labute approximate surface area is 125 Å². The van der Waals surface area contributed by atoms with E-state index in [1.807, 2.05) is 12.3 Å². The minimum Gasteiger partial charge on any atom is -0.484 e. The molecule has 2 aromatic rings. The van der Waals surface area contributed by atoms with E-state index >= 15 is 0 Å². The number of benzene rings is 1. The first kappa shape index (κ1) is 14.4. The molecule has 1 aromatic carbocycles. The van der Waals surface area contributed by atoms with Crippen molar-refractivity contribution in [1.82, 2.24) is 4.98 Å². The van der Waals surface area contributed by atoms with Gasteiger partial charge in [0, 0.05) is 10.9 Å². The van der Waals surface area contributed by atoms with Crippen molar-refractivity contribution in [3.63, 3.8) is 0 Å². The molecular formula is C13H13N3O2S2. The van der Waals surface area contributed by atoms with Crippen molar-refractivity contribution in [3.05, 3.63) is 40.9 Å². The van der Waals surface area contributed by atoms with Crippen molar-refractivity contribution >= 4 is 39.6 Å². The minimum atomic E-state index is -0.252. The van der Waals surface area contributed by atoms with Gasteiger partial charge in [-0.2, -0.15) is 0 Å². The number of nitrogens with one attached hydrogen (secondary N) is 1. The third-order valence-corrected chi connectivity index (χ3v) is 3.49. The maximum absolute atomic E-state index is 11.7. The van der Waals surface area contributed by atoms with Gasteiger partial charge in [0.15, 0.2) is 11.7 Å². The molecule has 1 amide bonds. The number of anilines is 1. The highest BCUT2D eigenvalue weighted by molar-refractivity contribution is 7.80. The molecule has 7 heteroatoms. The van der Waals surface area contributed by atoms with Crippen LogP contribution in [-0.4, -0.2) is 22.5 Å². The monoisotopic (exact) mass is 307 g/mol. The van der Waals surface area contributed by atoms with Gasteiger partial charge in [0.25, 0.3) is 5.91 Å². The van der Waals surface area contributed by atoms with Gasteiger partial charge in [-0.3, -0.25) is 10.1 Å². The topological polar surface area (TPSA) is 77.2 Å². The Bertz CT molecular complexity index is 623. The maximum atomic E-state index is 11.7. The summed E-state index contributed by atoms with van der Waals surface area (Å²) in [6, 6.07) is 6.93. The molecule has 0 aliphatic heterocycles. The van der Waals surface area contributed by atoms with Crippen LogP contribution in [0.15, 0.2) is 29.6 Å². The number of hydrogen-bond donors (Lipinski definition) is 2. The second-order valence-corrected chi connectivity index (χ2v) is 5.32. The smallest absolute Gasteiger partial charge is 0.264 e. The fraction of sp³-hybridized carbons (Fsp3) is 0.154. The second kappa shape index (κ2) is 6.44. The number of nitrogens with zero attached hydrogens (tertiary/aromatic N) is 1. The van der Waals surface area contributed by atoms with Crippen LogP contribution in [0.25, 0.3) is 0 Å². The summed E-state index contributed by atoms with van der Waals surface area (Å²) >= 11 is 6.23. The van der Waals surface area contributed by atoms with Crippen LogP contribution in [0.2, 0.25) is 0 Å². The summed E-state index contributed by atoms with van der Waals surface area (Å²) in [7, 11) is 0. The zero-order valence-corrected chi connectivity index (χ0v) is 12.4. The van der Waals surface area contributed by atoms with Crippen LogP contribution in [0, 0.1) is 6.92 Å². The quantitative estimate of drug-likeness (QED) is 0.827. The summed E-state index contributed by atoms with van der Waals surface area (Å²) in [6.45, 7) is 1.79. The normalized spacial score (nSPS) is 10.1. The Hall–Kier alpha value is -1.99. The molecule has 0 bridgehead atoms. The fourth-order valence-corrected chi connectivity index (χ4v) is 2.27. The molecule has 0 unspecified atom stereocenters. The second-order valence-electron chi connectivity index (χ2n) is 4.02. The van der Waals surface area contributed by atoms with Crippen LogP contribution in [0.3, 0.4) is 0 Å². The lowest BCUT2D eigenvalue weighted by molar-refractivity contribution is -0.118. The minimum absolute atomic E-state index is 0.0783. The number of nitrogens with two attached hydrogens (primary N) is 1. The third-order valence-electron chi connectivity index (χ3n) is 2.37. The van der Waals surface area contributed by atoms with Crippen LogP contribution in [0.1, 0.15) is 11.3 Å². The largest absolute Gasteiger partial charge is 0.484 e. The zero-order chi connectivity index (χ0) is 14.5. The van der Waals surface area contributed by atoms with E-state index in [-0.39, 0.29) is 12.5 Å². The SMILES string of the molecule is Cc1csc(NC(=O)COc2ccc(C(N)=S)cc2)n1. The van der Waals surface area contributed by atoms with Crippen molar-refractivity contribution in [2.75, 3.05) is 11.9 Å². The fourth-order valence-electron chi connectivity index (χ4n) is 1.43. The first-order valence-electron chi connectivity index (χ1n) is 5.79. The van der Waals surface area contributed by atoms with E-state index in [9.17, 15) is 4.79 Å². The van der Waals surface area contributed by atoms with Gasteiger partial charge >= 0.3 is 0 Å². The standard InChI is InChI=1S/C13H13N3O2S2/c1-8-7-20-13(15-8)16-11(17)6-18-10-4-2-9(3-5-10)12(14)19/h2-5,7H,6H2,1H3,(H2,14,19)(H,15,16,17). The van der Waals surface area contributed by atoms with E-state index in [2.05, 4.69) is 10.3 Å². The van der Waals surface area contributed by atoms with Crippen molar-refractivity contribution in [3.8, 4) is 5.75 Å². The van der Waals surface area contributed by atoms with Crippen molar-refractivity contribution in [2.24, 2.45) is 5.73 Å². The van der Waals surface area contributed by atoms with Gasteiger partial charge in [0.05, 0.1) is 5.69 Å². The highest BCUT2D eigenvalue weighted by Gasteiger charge is 2.06. The van der Waals surface area contributed by atoms with E-state index in [1.165, 1.54) is 11.3 Å². The van der Waals surface area contributed by atoms with Crippen molar-refractivity contribution in [2.45, 2.75) is 6.92 Å². The third kappa shape index (κ3) is 4.01. The molecule has 0 radical (unpaired) electrons. The van der Waals surface area contributed by atoms with E-state index in [4.69, 9.17) is 22.7 Å². The zero-order valence-electron chi connectivity index (χ0n) is 10.8. The van der Waals surface area contributed by atoms with Crippen LogP contribution in [0.5, 0.6) is 5.75 Å². The van der Waals surface area contributed by atoms with Crippen LogP contribution in [-0.2, 0) is 4.79 Å². The number of carbonyl (C=O) groups excluding carboxylic acids is 1. The summed E-state index contributed by atoms with van der Waals surface area (Å²) in [5, 5.41) is 5.10. The van der Waals surface area contributed by atoms with Gasteiger partial charge in [0.2, 0.25) is 0 Å². The highest BCUT2D eigenvalue weighted by atomic mass is 32.1. The number of thiocarbonyl (C=S) groups is 1. The molecule has 0 aliphatic carbocycles. The number of amides is 1. The van der Waals surface area contributed by atoms with Gasteiger partial charge in [-0.05, 0) is 31.2 Å². The molecule has 5 nitrogen and oxygen atoms in total. The Morgan fingerprint density at radius 1 is 1.45 bits per heavy atom. The van der Waals surface area contributed by atoms with E-state index in [0.29, 0.717) is 15.9 Å². The summed E-state index contributed by atoms with van der Waals surface area (Å²) in [5.74, 6) is 0.327. The number of rotatable bonds is 5. The lowest BCUT2D eigenvalue weighted by Gasteiger charge is -2.06. The lowest BCUT2D eigenvalue weighted by atomic mass is 10.2.